The van der Waals surface area contributed by atoms with Crippen LogP contribution in [0.2, 0.25) is 0 Å². The summed E-state index contributed by atoms with van der Waals surface area (Å²) in [6.07, 6.45) is 1.15. The molecule has 1 unspecified atom stereocenters. The molecule has 1 aromatic heterocycles. The number of hydrogen-bond donors (Lipinski definition) is 1. The van der Waals surface area contributed by atoms with Crippen LogP contribution in [0.25, 0.3) is 0 Å². The van der Waals surface area contributed by atoms with E-state index in [0.717, 1.165) is 6.33 Å². The quantitative estimate of drug-likeness (QED) is 0.741. The van der Waals surface area contributed by atoms with Crippen LogP contribution in [-0.4, -0.2) is 32.2 Å². The van der Waals surface area contributed by atoms with Crippen molar-refractivity contribution in [2.75, 3.05) is 23.4 Å². The lowest BCUT2D eigenvalue weighted by atomic mass is 10.5. The Morgan fingerprint density at radius 3 is 3.00 bits per heavy atom. The van der Waals surface area contributed by atoms with Gasteiger partial charge in [0, 0.05) is 34.9 Å². The number of nitrogens with zero attached hydrogens (tertiary/aromatic N) is 2. The normalized spacial score (nSPS) is 12.4. The van der Waals surface area contributed by atoms with Crippen LogP contribution in [0.4, 0.5) is 10.2 Å². The first-order valence-corrected chi connectivity index (χ1v) is 5.77. The van der Waals surface area contributed by atoms with E-state index < -0.39 is 16.7 Å². The van der Waals surface area contributed by atoms with Gasteiger partial charge >= 0.3 is 0 Å². The van der Waals surface area contributed by atoms with Gasteiger partial charge in [-0.2, -0.15) is 4.39 Å². The summed E-state index contributed by atoms with van der Waals surface area (Å²) < 4.78 is 23.6. The van der Waals surface area contributed by atoms with Gasteiger partial charge in [-0.1, -0.05) is 6.92 Å². The van der Waals surface area contributed by atoms with Crippen molar-refractivity contribution in [3.05, 3.63) is 18.3 Å². The van der Waals surface area contributed by atoms with Gasteiger partial charge in [0.1, 0.15) is 12.1 Å². The van der Waals surface area contributed by atoms with Crippen LogP contribution in [0.5, 0.6) is 0 Å². The fourth-order valence-corrected chi connectivity index (χ4v) is 1.49. The highest BCUT2D eigenvalue weighted by Gasteiger charge is 1.98. The Kier molecular flexibility index (Phi) is 4.45. The molecule has 14 heavy (non-hydrogen) atoms. The van der Waals surface area contributed by atoms with Crippen LogP contribution in [-0.2, 0) is 10.8 Å². The van der Waals surface area contributed by atoms with Gasteiger partial charge in [-0.25, -0.2) is 9.97 Å². The predicted molar refractivity (Wildman–Crippen MR) is 54.0 cm³/mol. The smallest absolute Gasteiger partial charge is 0.217 e. The van der Waals surface area contributed by atoms with Crippen molar-refractivity contribution in [1.82, 2.24) is 9.97 Å². The second-order valence-electron chi connectivity index (χ2n) is 2.59. The highest BCUT2D eigenvalue weighted by molar-refractivity contribution is 7.84. The van der Waals surface area contributed by atoms with Gasteiger partial charge in [0.2, 0.25) is 5.95 Å². The Bertz CT molecular complexity index is 321. The Morgan fingerprint density at radius 1 is 1.57 bits per heavy atom. The summed E-state index contributed by atoms with van der Waals surface area (Å²) >= 11 is 0. The topological polar surface area (TPSA) is 54.9 Å². The van der Waals surface area contributed by atoms with Crippen LogP contribution in [0.15, 0.2) is 12.4 Å². The van der Waals surface area contributed by atoms with E-state index in [0.29, 0.717) is 23.9 Å². The minimum atomic E-state index is -0.806. The summed E-state index contributed by atoms with van der Waals surface area (Å²) in [6.45, 7) is 2.39. The number of anilines is 1. The van der Waals surface area contributed by atoms with Crippen LogP contribution in [0, 0.1) is 5.95 Å². The molecule has 0 saturated carbocycles. The molecule has 0 radical (unpaired) electrons. The molecule has 0 amide bonds. The molecule has 1 heterocycles. The minimum absolute atomic E-state index is 0.422. The van der Waals surface area contributed by atoms with Gasteiger partial charge in [0.15, 0.2) is 0 Å². The van der Waals surface area contributed by atoms with Crippen LogP contribution < -0.4 is 5.32 Å². The SMILES string of the molecule is CCS(=O)CCNc1cc(F)ncn1. The molecule has 0 saturated heterocycles. The average molecular weight is 217 g/mol. The van der Waals surface area contributed by atoms with E-state index in [2.05, 4.69) is 15.3 Å². The highest BCUT2D eigenvalue weighted by Crippen LogP contribution is 2.01. The molecule has 0 spiro atoms. The largest absolute Gasteiger partial charge is 0.369 e. The first kappa shape index (κ1) is 11.0. The molecular formula is C8H12FN3OS. The maximum atomic E-state index is 12.6. The van der Waals surface area contributed by atoms with Gasteiger partial charge < -0.3 is 5.32 Å². The van der Waals surface area contributed by atoms with E-state index >= 15 is 0 Å². The first-order chi connectivity index (χ1) is 6.72. The van der Waals surface area contributed by atoms with Crippen molar-refractivity contribution in [2.45, 2.75) is 6.92 Å². The molecule has 0 aliphatic rings. The Balaban J connectivity index is 2.35. The number of nitrogens with one attached hydrogen (secondary N) is 1. The molecule has 78 valence electrons. The van der Waals surface area contributed by atoms with Crippen molar-refractivity contribution in [1.29, 1.82) is 0 Å². The van der Waals surface area contributed by atoms with Crippen molar-refractivity contribution in [2.24, 2.45) is 0 Å². The molecule has 0 bridgehead atoms. The summed E-state index contributed by atoms with van der Waals surface area (Å²) in [5.41, 5.74) is 0. The number of rotatable bonds is 5. The van der Waals surface area contributed by atoms with E-state index in [1.807, 2.05) is 6.92 Å². The van der Waals surface area contributed by atoms with Crippen molar-refractivity contribution in [3.63, 3.8) is 0 Å². The van der Waals surface area contributed by atoms with E-state index in [4.69, 9.17) is 0 Å². The third-order valence-corrected chi connectivity index (χ3v) is 2.89. The third-order valence-electron chi connectivity index (χ3n) is 1.59. The molecule has 1 aromatic rings. The van der Waals surface area contributed by atoms with E-state index in [1.54, 1.807) is 0 Å². The standard InChI is InChI=1S/C8H12FN3OS/c1-2-14(13)4-3-10-8-5-7(9)11-6-12-8/h5-6H,2-4H2,1H3,(H,10,11,12). The zero-order valence-corrected chi connectivity index (χ0v) is 8.68. The molecule has 0 fully saturated rings. The predicted octanol–water partition coefficient (Wildman–Crippen LogP) is 0.796. The fourth-order valence-electron chi connectivity index (χ4n) is 0.868. The average Bonchev–Trinajstić information content (AvgIpc) is 2.17. The third kappa shape index (κ3) is 3.78. The molecule has 1 rings (SSSR count). The molecular weight excluding hydrogens is 205 g/mol. The highest BCUT2D eigenvalue weighted by atomic mass is 32.2. The number of aromatic nitrogens is 2. The lowest BCUT2D eigenvalue weighted by Gasteiger charge is -2.03. The summed E-state index contributed by atoms with van der Waals surface area (Å²) in [6, 6.07) is 1.20. The van der Waals surface area contributed by atoms with E-state index in [9.17, 15) is 8.60 Å². The summed E-state index contributed by atoms with van der Waals surface area (Å²) in [5, 5.41) is 2.87. The summed E-state index contributed by atoms with van der Waals surface area (Å²) in [5.74, 6) is 1.03. The first-order valence-electron chi connectivity index (χ1n) is 4.28. The van der Waals surface area contributed by atoms with E-state index in [1.165, 1.54) is 6.07 Å². The second-order valence-corrected chi connectivity index (χ2v) is 4.45. The number of halogens is 1. The minimum Gasteiger partial charge on any atom is -0.369 e. The van der Waals surface area contributed by atoms with E-state index in [-0.39, 0.29) is 0 Å². The van der Waals surface area contributed by atoms with Gasteiger partial charge in [0.25, 0.3) is 0 Å². The van der Waals surface area contributed by atoms with Gasteiger partial charge in [-0.3, -0.25) is 4.21 Å². The number of hydrogen-bond acceptors (Lipinski definition) is 4. The lowest BCUT2D eigenvalue weighted by molar-refractivity contribution is 0.580. The monoisotopic (exact) mass is 217 g/mol. The van der Waals surface area contributed by atoms with Crippen LogP contribution >= 0.6 is 0 Å². The zero-order chi connectivity index (χ0) is 10.4. The maximum Gasteiger partial charge on any atom is 0.217 e. The van der Waals surface area contributed by atoms with Crippen LogP contribution in [0.3, 0.4) is 0 Å². The maximum absolute atomic E-state index is 12.6. The van der Waals surface area contributed by atoms with Crippen molar-refractivity contribution >= 4 is 16.6 Å². The lowest BCUT2D eigenvalue weighted by Crippen LogP contribution is -2.12. The Labute approximate surface area is 84.4 Å². The Hall–Kier alpha value is -1.04. The molecule has 0 aliphatic carbocycles. The van der Waals surface area contributed by atoms with Crippen molar-refractivity contribution in [3.8, 4) is 0 Å². The molecule has 1 atom stereocenters. The molecule has 0 aromatic carbocycles. The summed E-state index contributed by atoms with van der Waals surface area (Å²) in [4.78, 5) is 7.12. The molecule has 1 N–H and O–H groups in total. The zero-order valence-electron chi connectivity index (χ0n) is 7.86. The van der Waals surface area contributed by atoms with Gasteiger partial charge in [0.05, 0.1) is 0 Å². The van der Waals surface area contributed by atoms with Crippen LogP contribution in [0.1, 0.15) is 6.92 Å². The fraction of sp³-hybridized carbons (Fsp3) is 0.500. The van der Waals surface area contributed by atoms with Gasteiger partial charge in [-0.15, -0.1) is 0 Å². The van der Waals surface area contributed by atoms with Gasteiger partial charge in [-0.05, 0) is 0 Å². The molecule has 0 aliphatic heterocycles. The second kappa shape index (κ2) is 5.64. The van der Waals surface area contributed by atoms with Crippen molar-refractivity contribution < 1.29 is 8.60 Å². The molecule has 4 nitrogen and oxygen atoms in total. The summed E-state index contributed by atoms with van der Waals surface area (Å²) in [7, 11) is -0.806. The molecule has 6 heteroatoms. The Morgan fingerprint density at radius 2 is 2.36 bits per heavy atom.